The number of thiazole rings is 1. The number of carbonyl (C=O) groups excluding carboxylic acids is 1. The van der Waals surface area contributed by atoms with Crippen molar-refractivity contribution in [1.29, 1.82) is 0 Å². The van der Waals surface area contributed by atoms with E-state index in [2.05, 4.69) is 15.3 Å². The second-order valence-electron chi connectivity index (χ2n) is 5.07. The normalized spacial score (nSPS) is 10.6. The molecular weight excluding hydrogens is 310 g/mol. The number of carbonyl (C=O) groups is 1. The van der Waals surface area contributed by atoms with Crippen LogP contribution in [0.3, 0.4) is 0 Å². The van der Waals surface area contributed by atoms with Crippen LogP contribution in [0, 0.1) is 0 Å². The molecule has 0 radical (unpaired) electrons. The summed E-state index contributed by atoms with van der Waals surface area (Å²) in [6.45, 7) is 0.590. The molecule has 0 aliphatic carbocycles. The molecule has 3 heterocycles. The summed E-state index contributed by atoms with van der Waals surface area (Å²) in [6.07, 6.45) is 6.96. The van der Waals surface area contributed by atoms with Gasteiger partial charge in [0.1, 0.15) is 10.8 Å². The van der Waals surface area contributed by atoms with Gasteiger partial charge in [-0.25, -0.2) is 4.98 Å². The Morgan fingerprint density at radius 1 is 1.26 bits per heavy atom. The molecule has 1 N–H and O–H groups in total. The molecule has 118 valence electrons. The van der Waals surface area contributed by atoms with E-state index in [0.717, 1.165) is 28.4 Å². The van der Waals surface area contributed by atoms with Gasteiger partial charge in [0.25, 0.3) is 0 Å². The lowest BCUT2D eigenvalue weighted by molar-refractivity contribution is -0.121. The number of pyridine rings is 1. The Balaban J connectivity index is 1.42. The largest absolute Gasteiger partial charge is 0.469 e. The molecule has 1 amide bonds. The molecule has 3 aromatic rings. The van der Waals surface area contributed by atoms with Crippen molar-refractivity contribution in [1.82, 2.24) is 15.3 Å². The first-order valence-corrected chi connectivity index (χ1v) is 8.33. The first-order valence-electron chi connectivity index (χ1n) is 7.45. The number of rotatable bonds is 7. The topological polar surface area (TPSA) is 68.0 Å². The summed E-state index contributed by atoms with van der Waals surface area (Å²) in [5, 5.41) is 5.90. The first-order chi connectivity index (χ1) is 11.3. The average Bonchev–Trinajstić information content (AvgIpc) is 3.26. The molecule has 0 aliphatic heterocycles. The quantitative estimate of drug-likeness (QED) is 0.724. The molecule has 0 saturated carbocycles. The van der Waals surface area contributed by atoms with Crippen molar-refractivity contribution in [2.45, 2.75) is 19.3 Å². The van der Waals surface area contributed by atoms with Gasteiger partial charge in [-0.05, 0) is 24.3 Å². The zero-order valence-electron chi connectivity index (χ0n) is 12.6. The number of hydrogen-bond donors (Lipinski definition) is 1. The monoisotopic (exact) mass is 327 g/mol. The molecule has 0 spiro atoms. The lowest BCUT2D eigenvalue weighted by Crippen LogP contribution is -2.25. The Hall–Kier alpha value is -2.47. The number of furan rings is 1. The van der Waals surface area contributed by atoms with Crippen LogP contribution < -0.4 is 5.32 Å². The van der Waals surface area contributed by atoms with Crippen LogP contribution in [-0.4, -0.2) is 22.4 Å². The van der Waals surface area contributed by atoms with Gasteiger partial charge in [0.15, 0.2) is 0 Å². The zero-order valence-corrected chi connectivity index (χ0v) is 13.4. The molecule has 0 saturated heterocycles. The fraction of sp³-hybridized carbons (Fsp3) is 0.235. The summed E-state index contributed by atoms with van der Waals surface area (Å²) in [5.41, 5.74) is 2.01. The number of aromatic nitrogens is 2. The molecule has 3 rings (SSSR count). The summed E-state index contributed by atoms with van der Waals surface area (Å²) in [4.78, 5) is 20.5. The third kappa shape index (κ3) is 4.50. The van der Waals surface area contributed by atoms with Crippen LogP contribution in [-0.2, 0) is 17.6 Å². The molecule has 0 unspecified atom stereocenters. The van der Waals surface area contributed by atoms with E-state index in [1.807, 2.05) is 29.6 Å². The van der Waals surface area contributed by atoms with E-state index in [9.17, 15) is 4.79 Å². The Bertz CT molecular complexity index is 738. The summed E-state index contributed by atoms with van der Waals surface area (Å²) in [5.74, 6) is 0.866. The Kier molecular flexibility index (Phi) is 5.16. The molecule has 5 nitrogen and oxygen atoms in total. The van der Waals surface area contributed by atoms with Gasteiger partial charge >= 0.3 is 0 Å². The van der Waals surface area contributed by atoms with Crippen LogP contribution in [0.25, 0.3) is 10.6 Å². The third-order valence-electron chi connectivity index (χ3n) is 3.34. The molecular formula is C17H17N3O2S. The highest BCUT2D eigenvalue weighted by atomic mass is 32.1. The van der Waals surface area contributed by atoms with Crippen LogP contribution in [0.2, 0.25) is 0 Å². The van der Waals surface area contributed by atoms with Crippen molar-refractivity contribution in [3.05, 3.63) is 59.8 Å². The Labute approximate surface area is 138 Å². The smallest absolute Gasteiger partial charge is 0.220 e. The van der Waals surface area contributed by atoms with Crippen LogP contribution in [0.5, 0.6) is 0 Å². The molecule has 0 atom stereocenters. The summed E-state index contributed by atoms with van der Waals surface area (Å²) < 4.78 is 5.21. The molecule has 6 heteroatoms. The molecule has 0 bridgehead atoms. The maximum Gasteiger partial charge on any atom is 0.220 e. The molecule has 3 aromatic heterocycles. The van der Waals surface area contributed by atoms with E-state index in [0.29, 0.717) is 19.4 Å². The van der Waals surface area contributed by atoms with Crippen molar-refractivity contribution in [3.8, 4) is 10.6 Å². The molecule has 0 aromatic carbocycles. The van der Waals surface area contributed by atoms with E-state index in [4.69, 9.17) is 4.42 Å². The van der Waals surface area contributed by atoms with Gasteiger partial charge < -0.3 is 9.73 Å². The predicted octanol–water partition coefficient (Wildman–Crippen LogP) is 3.09. The number of amides is 1. The van der Waals surface area contributed by atoms with E-state index >= 15 is 0 Å². The average molecular weight is 327 g/mol. The second-order valence-corrected chi connectivity index (χ2v) is 5.92. The second kappa shape index (κ2) is 7.69. The number of nitrogens with one attached hydrogen (secondary N) is 1. The fourth-order valence-corrected chi connectivity index (χ4v) is 3.00. The summed E-state index contributed by atoms with van der Waals surface area (Å²) in [6, 6.07) is 7.60. The lowest BCUT2D eigenvalue weighted by Gasteiger charge is -2.03. The summed E-state index contributed by atoms with van der Waals surface area (Å²) >= 11 is 1.59. The highest BCUT2D eigenvalue weighted by Gasteiger charge is 2.06. The molecule has 0 aliphatic rings. The SMILES string of the molecule is O=C(CCc1ccco1)NCCc1csc(-c2cccnc2)n1. The van der Waals surface area contributed by atoms with E-state index in [1.54, 1.807) is 30.0 Å². The highest BCUT2D eigenvalue weighted by Crippen LogP contribution is 2.22. The van der Waals surface area contributed by atoms with Crippen LogP contribution in [0.1, 0.15) is 17.9 Å². The minimum atomic E-state index is 0.0316. The van der Waals surface area contributed by atoms with Gasteiger partial charge in [-0.1, -0.05) is 0 Å². The van der Waals surface area contributed by atoms with Crippen molar-refractivity contribution < 1.29 is 9.21 Å². The minimum absolute atomic E-state index is 0.0316. The number of aryl methyl sites for hydroxylation is 1. The Morgan fingerprint density at radius 2 is 2.22 bits per heavy atom. The van der Waals surface area contributed by atoms with Crippen LogP contribution in [0.15, 0.2) is 52.7 Å². The molecule has 23 heavy (non-hydrogen) atoms. The van der Waals surface area contributed by atoms with E-state index in [1.165, 1.54) is 0 Å². The van der Waals surface area contributed by atoms with E-state index in [-0.39, 0.29) is 5.91 Å². The van der Waals surface area contributed by atoms with Gasteiger partial charge in [-0.15, -0.1) is 11.3 Å². The molecule has 0 fully saturated rings. The van der Waals surface area contributed by atoms with Gasteiger partial charge in [-0.3, -0.25) is 9.78 Å². The van der Waals surface area contributed by atoms with Gasteiger partial charge in [0.2, 0.25) is 5.91 Å². The van der Waals surface area contributed by atoms with Crippen molar-refractivity contribution in [3.63, 3.8) is 0 Å². The van der Waals surface area contributed by atoms with Gasteiger partial charge in [-0.2, -0.15) is 0 Å². The fourth-order valence-electron chi connectivity index (χ4n) is 2.15. The first kappa shape index (κ1) is 15.4. The summed E-state index contributed by atoms with van der Waals surface area (Å²) in [7, 11) is 0. The maximum absolute atomic E-state index is 11.8. The van der Waals surface area contributed by atoms with Crippen molar-refractivity contribution in [2.75, 3.05) is 6.54 Å². The Morgan fingerprint density at radius 3 is 3.00 bits per heavy atom. The van der Waals surface area contributed by atoms with Crippen molar-refractivity contribution >= 4 is 17.2 Å². The minimum Gasteiger partial charge on any atom is -0.469 e. The standard InChI is InChI=1S/C17H17N3O2S/c21-16(6-5-15-4-2-10-22-15)19-9-7-14-12-23-17(20-14)13-3-1-8-18-11-13/h1-4,8,10-12H,5-7,9H2,(H,19,21). The van der Waals surface area contributed by atoms with E-state index < -0.39 is 0 Å². The lowest BCUT2D eigenvalue weighted by atomic mass is 10.2. The number of nitrogens with zero attached hydrogens (tertiary/aromatic N) is 2. The van der Waals surface area contributed by atoms with Gasteiger partial charge in [0, 0.05) is 49.1 Å². The predicted molar refractivity (Wildman–Crippen MR) is 89.1 cm³/mol. The third-order valence-corrected chi connectivity index (χ3v) is 4.28. The van der Waals surface area contributed by atoms with Crippen LogP contribution in [0.4, 0.5) is 0 Å². The zero-order chi connectivity index (χ0) is 15.9. The van der Waals surface area contributed by atoms with Crippen LogP contribution >= 0.6 is 11.3 Å². The maximum atomic E-state index is 11.8. The highest BCUT2D eigenvalue weighted by molar-refractivity contribution is 7.13. The van der Waals surface area contributed by atoms with Gasteiger partial charge in [0.05, 0.1) is 12.0 Å². The van der Waals surface area contributed by atoms with Crippen molar-refractivity contribution in [2.24, 2.45) is 0 Å². The number of hydrogen-bond acceptors (Lipinski definition) is 5.